The predicted octanol–water partition coefficient (Wildman–Crippen LogP) is 1.97. The predicted molar refractivity (Wildman–Crippen MR) is 169 cm³/mol. The van der Waals surface area contributed by atoms with Crippen molar-refractivity contribution in [3.05, 3.63) is 62.8 Å². The number of ether oxygens (including phenoxy) is 2. The zero-order chi connectivity index (χ0) is 32.9. The topological polar surface area (TPSA) is 159 Å². The van der Waals surface area contributed by atoms with Gasteiger partial charge in [0.2, 0.25) is 5.95 Å². The number of ketones is 1. The van der Waals surface area contributed by atoms with Crippen molar-refractivity contribution in [2.45, 2.75) is 65.3 Å². The maximum Gasteiger partial charge on any atom is 0.407 e. The molecule has 14 nitrogen and oxygen atoms in total. The normalized spacial score (nSPS) is 15.3. The highest BCUT2D eigenvalue weighted by Gasteiger charge is 2.29. The average Bonchev–Trinajstić information content (AvgIpc) is 3.38. The number of Topliss-reactive ketones (excluding diaryl/α,β-unsaturated/α-hetero) is 1. The molecule has 1 fully saturated rings. The highest BCUT2D eigenvalue weighted by Crippen LogP contribution is 2.24. The number of carbonyl (C=O) groups excluding carboxylic acids is 3. The van der Waals surface area contributed by atoms with Gasteiger partial charge in [-0.2, -0.15) is 4.98 Å². The van der Waals surface area contributed by atoms with E-state index < -0.39 is 35.3 Å². The van der Waals surface area contributed by atoms with E-state index >= 15 is 0 Å². The van der Waals surface area contributed by atoms with Crippen molar-refractivity contribution in [2.24, 2.45) is 7.05 Å². The number of carbonyl (C=O) groups is 3. The van der Waals surface area contributed by atoms with Gasteiger partial charge in [-0.25, -0.2) is 9.59 Å². The molecule has 4 rings (SSSR count). The van der Waals surface area contributed by atoms with Gasteiger partial charge in [0.05, 0.1) is 12.1 Å². The van der Waals surface area contributed by atoms with Crippen LogP contribution in [0.3, 0.4) is 0 Å². The third-order valence-electron chi connectivity index (χ3n) is 7.29. The van der Waals surface area contributed by atoms with Gasteiger partial charge >= 0.3 is 11.8 Å². The Balaban J connectivity index is 1.71. The highest BCUT2D eigenvalue weighted by atomic mass is 16.6. The zero-order valence-electron chi connectivity index (χ0n) is 26.6. The fourth-order valence-corrected chi connectivity index (χ4v) is 5.14. The van der Waals surface area contributed by atoms with E-state index in [1.807, 2.05) is 24.0 Å². The molecule has 1 aliphatic rings. The fourth-order valence-electron chi connectivity index (χ4n) is 5.14. The van der Waals surface area contributed by atoms with Gasteiger partial charge in [-0.05, 0) is 52.7 Å². The number of likely N-dealkylation sites (N-methyl/N-ethyl adjacent to an activating group) is 1. The number of rotatable bonds is 10. The minimum Gasteiger partial charge on any atom is -0.483 e. The standard InChI is InChI=1S/C31H41N7O7/c1-7-8-16-37-25-26(34-28(37)36-15-11-12-20(17-36)33-29(42)45-31(2,3)4)35(6)30(43)38(27(25)41)18-22(39)21-13-9-10-14-23(21)44-19-24(40)32-5/h7-10,13-14,20H,11-12,15-19H2,1-6H3,(H,32,40)(H,33,42). The van der Waals surface area contributed by atoms with Crippen molar-refractivity contribution < 1.29 is 23.9 Å². The molecule has 1 unspecified atom stereocenters. The molecule has 1 saturated heterocycles. The van der Waals surface area contributed by atoms with E-state index in [1.54, 1.807) is 43.5 Å². The lowest BCUT2D eigenvalue weighted by molar-refractivity contribution is -0.122. The number of aromatic nitrogens is 4. The molecule has 1 atom stereocenters. The Morgan fingerprint density at radius 1 is 1.13 bits per heavy atom. The quantitative estimate of drug-likeness (QED) is 0.254. The van der Waals surface area contributed by atoms with E-state index in [9.17, 15) is 24.0 Å². The number of piperidine rings is 1. The van der Waals surface area contributed by atoms with Crippen LogP contribution in [0.4, 0.5) is 10.7 Å². The second-order valence-corrected chi connectivity index (χ2v) is 11.8. The van der Waals surface area contributed by atoms with E-state index in [0.717, 1.165) is 17.4 Å². The molecule has 1 aliphatic heterocycles. The molecule has 2 N–H and O–H groups in total. The fraction of sp³-hybridized carbons (Fsp3) is 0.484. The monoisotopic (exact) mass is 623 g/mol. The molecule has 0 radical (unpaired) electrons. The third-order valence-corrected chi connectivity index (χ3v) is 7.29. The number of nitrogens with zero attached hydrogens (tertiary/aromatic N) is 5. The van der Waals surface area contributed by atoms with Crippen LogP contribution in [0.1, 0.15) is 50.9 Å². The van der Waals surface area contributed by atoms with Crippen LogP contribution in [0.15, 0.2) is 46.0 Å². The van der Waals surface area contributed by atoms with Crippen molar-refractivity contribution in [2.75, 3.05) is 31.6 Å². The summed E-state index contributed by atoms with van der Waals surface area (Å²) in [5.41, 5.74) is -1.50. The highest BCUT2D eigenvalue weighted by molar-refractivity contribution is 5.98. The van der Waals surface area contributed by atoms with Crippen LogP contribution in [-0.4, -0.2) is 74.9 Å². The number of benzene rings is 1. The summed E-state index contributed by atoms with van der Waals surface area (Å²) in [7, 11) is 2.98. The number of hydrogen-bond acceptors (Lipinski definition) is 9. The van der Waals surface area contributed by atoms with Crippen molar-refractivity contribution in [1.29, 1.82) is 0 Å². The number of amides is 2. The van der Waals surface area contributed by atoms with Gasteiger partial charge in [-0.1, -0.05) is 24.3 Å². The molecular formula is C31H41N7O7. The summed E-state index contributed by atoms with van der Waals surface area (Å²) >= 11 is 0. The summed E-state index contributed by atoms with van der Waals surface area (Å²) in [6, 6.07) is 6.13. The first-order valence-electron chi connectivity index (χ1n) is 14.9. The Morgan fingerprint density at radius 3 is 2.56 bits per heavy atom. The van der Waals surface area contributed by atoms with E-state index in [0.29, 0.717) is 25.6 Å². The summed E-state index contributed by atoms with van der Waals surface area (Å²) in [5.74, 6) is -0.272. The largest absolute Gasteiger partial charge is 0.483 e. The molecule has 2 aromatic heterocycles. The van der Waals surface area contributed by atoms with Crippen molar-refractivity contribution in [3.8, 4) is 5.75 Å². The van der Waals surface area contributed by atoms with E-state index in [2.05, 4.69) is 10.6 Å². The van der Waals surface area contributed by atoms with Crippen LogP contribution in [-0.2, 0) is 29.7 Å². The van der Waals surface area contributed by atoms with Crippen LogP contribution < -0.4 is 31.5 Å². The smallest absolute Gasteiger partial charge is 0.407 e. The molecule has 45 heavy (non-hydrogen) atoms. The van der Waals surface area contributed by atoms with E-state index in [-0.39, 0.29) is 41.0 Å². The lowest BCUT2D eigenvalue weighted by Gasteiger charge is -2.34. The zero-order valence-corrected chi connectivity index (χ0v) is 26.6. The molecule has 2 amide bonds. The molecular weight excluding hydrogens is 582 g/mol. The number of allylic oxidation sites excluding steroid dienone is 2. The number of alkyl carbamates (subject to hydrolysis) is 1. The number of nitrogens with one attached hydrogen (secondary N) is 2. The first-order chi connectivity index (χ1) is 21.3. The Kier molecular flexibility index (Phi) is 10.1. The van der Waals surface area contributed by atoms with E-state index in [1.165, 1.54) is 24.7 Å². The molecule has 3 heterocycles. The average molecular weight is 624 g/mol. The molecule has 14 heteroatoms. The van der Waals surface area contributed by atoms with Gasteiger partial charge in [-0.3, -0.25) is 23.5 Å². The van der Waals surface area contributed by atoms with Crippen LogP contribution in [0.5, 0.6) is 5.75 Å². The summed E-state index contributed by atoms with van der Waals surface area (Å²) in [6.45, 7) is 7.75. The van der Waals surface area contributed by atoms with Gasteiger partial charge in [0.25, 0.3) is 11.5 Å². The summed E-state index contributed by atoms with van der Waals surface area (Å²) in [5, 5.41) is 5.37. The first-order valence-corrected chi connectivity index (χ1v) is 14.9. The number of anilines is 1. The van der Waals surface area contributed by atoms with Crippen molar-refractivity contribution in [1.82, 2.24) is 29.3 Å². The number of imidazole rings is 1. The Labute approximate surface area is 260 Å². The van der Waals surface area contributed by atoms with Gasteiger partial charge in [0.1, 0.15) is 11.4 Å². The summed E-state index contributed by atoms with van der Waals surface area (Å²) in [4.78, 5) is 71.7. The minimum absolute atomic E-state index is 0.135. The number of fused-ring (bicyclic) bond motifs is 1. The summed E-state index contributed by atoms with van der Waals surface area (Å²) in [6.07, 6.45) is 4.70. The van der Waals surface area contributed by atoms with E-state index in [4.69, 9.17) is 14.5 Å². The van der Waals surface area contributed by atoms with Crippen LogP contribution in [0.25, 0.3) is 11.2 Å². The van der Waals surface area contributed by atoms with Crippen LogP contribution in [0, 0.1) is 0 Å². The number of aryl methyl sites for hydroxylation is 1. The molecule has 0 bridgehead atoms. The summed E-state index contributed by atoms with van der Waals surface area (Å²) < 4.78 is 14.8. The third kappa shape index (κ3) is 7.62. The lowest BCUT2D eigenvalue weighted by atomic mass is 10.1. The SMILES string of the molecule is CC=CCn1c(N2CCCC(NC(=O)OC(C)(C)C)C2)nc2c1c(=O)n(CC(=O)c1ccccc1OCC(=O)NC)c(=O)n2C. The Hall–Kier alpha value is -4.88. The molecule has 0 aliphatic carbocycles. The Morgan fingerprint density at radius 2 is 1.87 bits per heavy atom. The molecule has 0 saturated carbocycles. The molecule has 3 aromatic rings. The Bertz CT molecular complexity index is 1730. The van der Waals surface area contributed by atoms with Gasteiger partial charge in [0, 0.05) is 39.8 Å². The maximum absolute atomic E-state index is 14.0. The molecule has 242 valence electrons. The number of para-hydroxylation sites is 1. The molecule has 1 aromatic carbocycles. The maximum atomic E-state index is 14.0. The van der Waals surface area contributed by atoms with Gasteiger partial charge < -0.3 is 29.6 Å². The van der Waals surface area contributed by atoms with Crippen LogP contribution >= 0.6 is 0 Å². The van der Waals surface area contributed by atoms with Crippen LogP contribution in [0.2, 0.25) is 0 Å². The van der Waals surface area contributed by atoms with Gasteiger partial charge in [-0.15, -0.1) is 0 Å². The van der Waals surface area contributed by atoms with Crippen molar-refractivity contribution >= 4 is 34.9 Å². The number of hydrogen-bond donors (Lipinski definition) is 2. The van der Waals surface area contributed by atoms with Gasteiger partial charge in [0.15, 0.2) is 23.6 Å². The molecule has 0 spiro atoms. The minimum atomic E-state index is -0.699. The second kappa shape index (κ2) is 13.8. The lowest BCUT2D eigenvalue weighted by Crippen LogP contribution is -2.49. The first kappa shape index (κ1) is 33.0. The second-order valence-electron chi connectivity index (χ2n) is 11.8. The van der Waals surface area contributed by atoms with Crippen molar-refractivity contribution in [3.63, 3.8) is 0 Å².